The van der Waals surface area contributed by atoms with E-state index in [1.807, 2.05) is 0 Å². The molecule has 1 heterocycles. The third-order valence-corrected chi connectivity index (χ3v) is 6.46. The number of benzene rings is 2. The summed E-state index contributed by atoms with van der Waals surface area (Å²) in [5.41, 5.74) is 0.505. The Morgan fingerprint density at radius 1 is 1.28 bits per heavy atom. The number of nitrogens with zero attached hydrogens (tertiary/aromatic N) is 1. The standard InChI is InChI=1S/C17H17ClFNO4S/c1-24-12-5-6-14(18)17(10-12)25(22,23)20-8-2-3-16(21)13-9-11(19)4-7-15(13)20/h4-7,9-10,16,21H,2-3,8H2,1H3/t16-/m0/s1. The molecule has 134 valence electrons. The van der Waals surface area contributed by atoms with Crippen LogP contribution in [0.2, 0.25) is 5.02 Å². The first-order valence-electron chi connectivity index (χ1n) is 7.68. The highest BCUT2D eigenvalue weighted by Gasteiger charge is 2.32. The van der Waals surface area contributed by atoms with Gasteiger partial charge in [0.2, 0.25) is 0 Å². The van der Waals surface area contributed by atoms with Crippen LogP contribution in [0.25, 0.3) is 0 Å². The van der Waals surface area contributed by atoms with Gasteiger partial charge in [-0.2, -0.15) is 0 Å². The van der Waals surface area contributed by atoms with Gasteiger partial charge in [0.15, 0.2) is 0 Å². The van der Waals surface area contributed by atoms with Crippen molar-refractivity contribution in [3.63, 3.8) is 0 Å². The zero-order valence-electron chi connectivity index (χ0n) is 13.4. The van der Waals surface area contributed by atoms with Gasteiger partial charge in [-0.1, -0.05) is 11.6 Å². The quantitative estimate of drug-likeness (QED) is 0.878. The third kappa shape index (κ3) is 3.31. The minimum Gasteiger partial charge on any atom is -0.497 e. The molecule has 0 fully saturated rings. The van der Waals surface area contributed by atoms with Crippen molar-refractivity contribution in [2.75, 3.05) is 18.0 Å². The summed E-state index contributed by atoms with van der Waals surface area (Å²) < 4.78 is 46.2. The second kappa shape index (κ2) is 6.82. The number of hydrogen-bond acceptors (Lipinski definition) is 4. The number of anilines is 1. The Balaban J connectivity index is 2.16. The number of fused-ring (bicyclic) bond motifs is 1. The molecular weight excluding hydrogens is 369 g/mol. The molecule has 1 aliphatic heterocycles. The Morgan fingerprint density at radius 2 is 2.04 bits per heavy atom. The predicted molar refractivity (Wildman–Crippen MR) is 93.1 cm³/mol. The summed E-state index contributed by atoms with van der Waals surface area (Å²) in [6, 6.07) is 8.07. The molecular formula is C17H17ClFNO4S. The van der Waals surface area contributed by atoms with E-state index in [0.29, 0.717) is 18.6 Å². The van der Waals surface area contributed by atoms with Crippen LogP contribution < -0.4 is 9.04 Å². The molecule has 0 bridgehead atoms. The molecule has 0 unspecified atom stereocenters. The molecule has 25 heavy (non-hydrogen) atoms. The van der Waals surface area contributed by atoms with Gasteiger partial charge in [-0.3, -0.25) is 4.31 Å². The molecule has 1 atom stereocenters. The maximum absolute atomic E-state index is 13.6. The molecule has 5 nitrogen and oxygen atoms in total. The van der Waals surface area contributed by atoms with E-state index in [1.54, 1.807) is 6.07 Å². The Hall–Kier alpha value is -1.83. The second-order valence-corrected chi connectivity index (χ2v) is 7.97. The molecule has 2 aromatic rings. The first kappa shape index (κ1) is 18.0. The minimum atomic E-state index is -4.01. The Labute approximate surface area is 150 Å². The summed E-state index contributed by atoms with van der Waals surface area (Å²) in [6.07, 6.45) is -0.154. The Kier molecular flexibility index (Phi) is 4.90. The van der Waals surface area contributed by atoms with Gasteiger partial charge < -0.3 is 9.84 Å². The monoisotopic (exact) mass is 385 g/mol. The minimum absolute atomic E-state index is 0.0641. The van der Waals surface area contributed by atoms with E-state index in [4.69, 9.17) is 16.3 Å². The fourth-order valence-electron chi connectivity index (χ4n) is 2.90. The first-order valence-corrected chi connectivity index (χ1v) is 9.50. The maximum Gasteiger partial charge on any atom is 0.265 e. The fourth-order valence-corrected chi connectivity index (χ4v) is 4.92. The number of ether oxygens (including phenoxy) is 1. The van der Waals surface area contributed by atoms with Crippen LogP contribution in [0.4, 0.5) is 10.1 Å². The average molecular weight is 386 g/mol. The third-order valence-electron chi connectivity index (χ3n) is 4.16. The largest absolute Gasteiger partial charge is 0.497 e. The number of aliphatic hydroxyl groups is 1. The lowest BCUT2D eigenvalue weighted by Gasteiger charge is -2.25. The van der Waals surface area contributed by atoms with Gasteiger partial charge in [0.05, 0.1) is 23.9 Å². The predicted octanol–water partition coefficient (Wildman–Crippen LogP) is 3.51. The van der Waals surface area contributed by atoms with Gasteiger partial charge >= 0.3 is 0 Å². The van der Waals surface area contributed by atoms with Crippen molar-refractivity contribution in [2.45, 2.75) is 23.8 Å². The van der Waals surface area contributed by atoms with Gasteiger partial charge in [0, 0.05) is 18.2 Å². The van der Waals surface area contributed by atoms with Crippen molar-refractivity contribution in [2.24, 2.45) is 0 Å². The summed E-state index contributed by atoms with van der Waals surface area (Å²) in [7, 11) is -2.58. The number of hydrogen-bond donors (Lipinski definition) is 1. The van der Waals surface area contributed by atoms with E-state index in [9.17, 15) is 17.9 Å². The summed E-state index contributed by atoms with van der Waals surface area (Å²) in [6.45, 7) is 0.158. The molecule has 0 saturated carbocycles. The van der Waals surface area contributed by atoms with Crippen molar-refractivity contribution in [1.29, 1.82) is 0 Å². The van der Waals surface area contributed by atoms with Crippen LogP contribution in [0.3, 0.4) is 0 Å². The second-order valence-electron chi connectivity index (χ2n) is 5.73. The molecule has 1 N–H and O–H groups in total. The van der Waals surface area contributed by atoms with E-state index >= 15 is 0 Å². The SMILES string of the molecule is COc1ccc(Cl)c(S(=O)(=O)N2CCC[C@H](O)c3cc(F)ccc32)c1. The van der Waals surface area contributed by atoms with E-state index in [1.165, 1.54) is 41.7 Å². The van der Waals surface area contributed by atoms with Gasteiger partial charge in [-0.05, 0) is 43.2 Å². The fraction of sp³-hybridized carbons (Fsp3) is 0.294. The average Bonchev–Trinajstić information content (AvgIpc) is 2.74. The van der Waals surface area contributed by atoms with Gasteiger partial charge in [-0.15, -0.1) is 0 Å². The van der Waals surface area contributed by atoms with Crippen molar-refractivity contribution in [3.05, 3.63) is 52.8 Å². The maximum atomic E-state index is 13.6. The molecule has 3 rings (SSSR count). The lowest BCUT2D eigenvalue weighted by molar-refractivity contribution is 0.168. The molecule has 0 aromatic heterocycles. The van der Waals surface area contributed by atoms with Crippen molar-refractivity contribution >= 4 is 27.3 Å². The summed E-state index contributed by atoms with van der Waals surface area (Å²) in [5, 5.41) is 10.3. The molecule has 0 spiro atoms. The summed E-state index contributed by atoms with van der Waals surface area (Å²) in [5.74, 6) is -0.173. The Morgan fingerprint density at radius 3 is 2.76 bits per heavy atom. The lowest BCUT2D eigenvalue weighted by Crippen LogP contribution is -2.32. The highest BCUT2D eigenvalue weighted by Crippen LogP contribution is 2.38. The van der Waals surface area contributed by atoms with E-state index in [0.717, 1.165) is 0 Å². The molecule has 0 saturated heterocycles. The number of aliphatic hydroxyl groups excluding tert-OH is 1. The summed E-state index contributed by atoms with van der Waals surface area (Å²) in [4.78, 5) is -0.0971. The number of rotatable bonds is 3. The molecule has 1 aliphatic rings. The van der Waals surface area contributed by atoms with Crippen molar-refractivity contribution in [3.8, 4) is 5.75 Å². The van der Waals surface area contributed by atoms with E-state index < -0.39 is 21.9 Å². The van der Waals surface area contributed by atoms with Gasteiger partial charge in [0.25, 0.3) is 10.0 Å². The van der Waals surface area contributed by atoms with Crippen LogP contribution in [0.1, 0.15) is 24.5 Å². The number of halogens is 2. The molecule has 0 amide bonds. The number of methoxy groups -OCH3 is 1. The van der Waals surface area contributed by atoms with Gasteiger partial charge in [0.1, 0.15) is 16.5 Å². The van der Waals surface area contributed by atoms with Crippen molar-refractivity contribution in [1.82, 2.24) is 0 Å². The zero-order chi connectivity index (χ0) is 18.2. The van der Waals surface area contributed by atoms with Crippen LogP contribution in [-0.2, 0) is 10.0 Å². The Bertz CT molecular complexity index is 904. The van der Waals surface area contributed by atoms with Crippen LogP contribution in [-0.4, -0.2) is 27.2 Å². The number of sulfonamides is 1. The zero-order valence-corrected chi connectivity index (χ0v) is 15.0. The highest BCUT2D eigenvalue weighted by atomic mass is 35.5. The van der Waals surface area contributed by atoms with Crippen LogP contribution in [0, 0.1) is 5.82 Å². The van der Waals surface area contributed by atoms with Gasteiger partial charge in [-0.25, -0.2) is 12.8 Å². The lowest BCUT2D eigenvalue weighted by atomic mass is 10.0. The highest BCUT2D eigenvalue weighted by molar-refractivity contribution is 7.93. The molecule has 2 aromatic carbocycles. The first-order chi connectivity index (χ1) is 11.8. The van der Waals surface area contributed by atoms with Crippen LogP contribution in [0.15, 0.2) is 41.3 Å². The smallest absolute Gasteiger partial charge is 0.265 e. The van der Waals surface area contributed by atoms with Crippen molar-refractivity contribution < 1.29 is 22.7 Å². The van der Waals surface area contributed by atoms with E-state index in [2.05, 4.69) is 0 Å². The molecule has 8 heteroatoms. The molecule has 0 radical (unpaired) electrons. The molecule has 0 aliphatic carbocycles. The van der Waals surface area contributed by atoms with Crippen LogP contribution >= 0.6 is 11.6 Å². The van der Waals surface area contributed by atoms with Crippen LogP contribution in [0.5, 0.6) is 5.75 Å². The van der Waals surface area contributed by atoms with E-state index in [-0.39, 0.29) is 27.7 Å². The summed E-state index contributed by atoms with van der Waals surface area (Å²) >= 11 is 6.11. The normalized spacial score (nSPS) is 17.8. The topological polar surface area (TPSA) is 66.8 Å².